The van der Waals surface area contributed by atoms with Crippen LogP contribution in [-0.2, 0) is 4.74 Å². The lowest BCUT2D eigenvalue weighted by Gasteiger charge is -2.07. The van der Waals surface area contributed by atoms with Crippen LogP contribution in [0.15, 0.2) is 6.20 Å². The first-order valence-electron chi connectivity index (χ1n) is 4.15. The van der Waals surface area contributed by atoms with Crippen LogP contribution in [0, 0.1) is 6.92 Å². The fourth-order valence-electron chi connectivity index (χ4n) is 0.972. The lowest BCUT2D eigenvalue weighted by molar-refractivity contribution is 0.0527. The molecule has 0 aromatic carbocycles. The summed E-state index contributed by atoms with van der Waals surface area (Å²) in [5, 5.41) is 0.301. The number of carbonyl (C=O) groups is 1. The van der Waals surface area contributed by atoms with Crippen molar-refractivity contribution in [2.75, 3.05) is 12.3 Å². The van der Waals surface area contributed by atoms with Crippen LogP contribution in [0.3, 0.4) is 0 Å². The summed E-state index contributed by atoms with van der Waals surface area (Å²) in [6, 6.07) is 0. The molecule has 0 aliphatic rings. The number of esters is 1. The molecule has 76 valence electrons. The molecule has 1 aromatic heterocycles. The second-order valence-corrected chi connectivity index (χ2v) is 3.08. The van der Waals surface area contributed by atoms with Crippen LogP contribution >= 0.6 is 11.6 Å². The molecule has 0 aliphatic carbocycles. The number of rotatable bonds is 2. The Kier molecular flexibility index (Phi) is 3.30. The van der Waals surface area contributed by atoms with Crippen LogP contribution in [0.5, 0.6) is 0 Å². The van der Waals surface area contributed by atoms with Gasteiger partial charge in [0.25, 0.3) is 0 Å². The van der Waals surface area contributed by atoms with Crippen molar-refractivity contribution in [2.24, 2.45) is 0 Å². The summed E-state index contributed by atoms with van der Waals surface area (Å²) in [6.45, 7) is 3.73. The number of nitrogens with two attached hydrogens (primary N) is 1. The standard InChI is InChI=1S/C9H11ClN2O2/c1-3-14-9(13)6-4-12-8(10)5(2)7(6)11/h4H,3H2,1-2H3,(H2,11,12). The Hall–Kier alpha value is -1.29. The third kappa shape index (κ3) is 1.96. The smallest absolute Gasteiger partial charge is 0.341 e. The van der Waals surface area contributed by atoms with E-state index < -0.39 is 5.97 Å². The highest BCUT2D eigenvalue weighted by Crippen LogP contribution is 2.22. The highest BCUT2D eigenvalue weighted by atomic mass is 35.5. The molecule has 0 aliphatic heterocycles. The van der Waals surface area contributed by atoms with Gasteiger partial charge in [0, 0.05) is 11.8 Å². The summed E-state index contributed by atoms with van der Waals surface area (Å²) in [5.74, 6) is -0.475. The molecule has 0 spiro atoms. The number of pyridine rings is 1. The van der Waals surface area contributed by atoms with E-state index in [1.807, 2.05) is 0 Å². The SMILES string of the molecule is CCOC(=O)c1cnc(Cl)c(C)c1N. The normalized spacial score (nSPS) is 9.93. The molecule has 0 amide bonds. The Bertz CT molecular complexity index is 366. The predicted octanol–water partition coefficient (Wildman–Crippen LogP) is 1.80. The van der Waals surface area contributed by atoms with E-state index in [1.165, 1.54) is 6.20 Å². The van der Waals surface area contributed by atoms with E-state index in [9.17, 15) is 4.79 Å². The lowest BCUT2D eigenvalue weighted by Crippen LogP contribution is -2.10. The number of halogens is 1. The van der Waals surface area contributed by atoms with Crippen molar-refractivity contribution < 1.29 is 9.53 Å². The minimum absolute atomic E-state index is 0.258. The summed E-state index contributed by atoms with van der Waals surface area (Å²) in [5.41, 5.74) is 6.86. The number of ether oxygens (including phenoxy) is 1. The molecule has 2 N–H and O–H groups in total. The van der Waals surface area contributed by atoms with Crippen LogP contribution in [0.25, 0.3) is 0 Å². The summed E-state index contributed by atoms with van der Waals surface area (Å²) >= 11 is 5.72. The van der Waals surface area contributed by atoms with Gasteiger partial charge in [0.15, 0.2) is 0 Å². The number of hydrogen-bond acceptors (Lipinski definition) is 4. The van der Waals surface area contributed by atoms with Crippen LogP contribution in [0.1, 0.15) is 22.8 Å². The summed E-state index contributed by atoms with van der Waals surface area (Å²) in [6.07, 6.45) is 1.32. The average Bonchev–Trinajstić information content (AvgIpc) is 2.15. The van der Waals surface area contributed by atoms with Gasteiger partial charge in [-0.05, 0) is 13.8 Å². The maximum absolute atomic E-state index is 11.3. The van der Waals surface area contributed by atoms with Gasteiger partial charge in [0.2, 0.25) is 0 Å². The van der Waals surface area contributed by atoms with E-state index in [1.54, 1.807) is 13.8 Å². The first-order valence-corrected chi connectivity index (χ1v) is 4.53. The first kappa shape index (κ1) is 10.8. The van der Waals surface area contributed by atoms with Gasteiger partial charge < -0.3 is 10.5 Å². The molecular formula is C9H11ClN2O2. The molecule has 0 unspecified atom stereocenters. The monoisotopic (exact) mass is 214 g/mol. The van der Waals surface area contributed by atoms with Crippen molar-refractivity contribution in [3.63, 3.8) is 0 Å². The van der Waals surface area contributed by atoms with Gasteiger partial charge >= 0.3 is 5.97 Å². The molecular weight excluding hydrogens is 204 g/mol. The Balaban J connectivity index is 3.11. The zero-order valence-corrected chi connectivity index (χ0v) is 8.76. The van der Waals surface area contributed by atoms with Gasteiger partial charge in [-0.25, -0.2) is 9.78 Å². The van der Waals surface area contributed by atoms with Crippen LogP contribution < -0.4 is 5.73 Å². The molecule has 1 aromatic rings. The molecule has 14 heavy (non-hydrogen) atoms. The van der Waals surface area contributed by atoms with Gasteiger partial charge in [-0.3, -0.25) is 0 Å². The third-order valence-electron chi connectivity index (χ3n) is 1.81. The summed E-state index contributed by atoms with van der Waals surface area (Å²) in [7, 11) is 0. The fourth-order valence-corrected chi connectivity index (χ4v) is 1.12. The van der Waals surface area contributed by atoms with Gasteiger partial charge in [0.05, 0.1) is 12.3 Å². The van der Waals surface area contributed by atoms with Gasteiger partial charge in [-0.1, -0.05) is 11.6 Å². The molecule has 1 rings (SSSR count). The predicted molar refractivity (Wildman–Crippen MR) is 54.4 cm³/mol. The third-order valence-corrected chi connectivity index (χ3v) is 2.19. The van der Waals surface area contributed by atoms with Crippen molar-refractivity contribution in [3.8, 4) is 0 Å². The molecule has 5 heteroatoms. The van der Waals surface area contributed by atoms with Gasteiger partial charge in [-0.15, -0.1) is 0 Å². The van der Waals surface area contributed by atoms with E-state index in [0.29, 0.717) is 23.0 Å². The van der Waals surface area contributed by atoms with Crippen LogP contribution in [0.2, 0.25) is 5.15 Å². The molecule has 4 nitrogen and oxygen atoms in total. The average molecular weight is 215 g/mol. The minimum atomic E-state index is -0.475. The number of nitrogen functional groups attached to an aromatic ring is 1. The highest BCUT2D eigenvalue weighted by Gasteiger charge is 2.14. The van der Waals surface area contributed by atoms with Crippen molar-refractivity contribution in [1.29, 1.82) is 0 Å². The molecule has 1 heterocycles. The number of anilines is 1. The molecule has 0 radical (unpaired) electrons. The Morgan fingerprint density at radius 2 is 2.36 bits per heavy atom. The Morgan fingerprint density at radius 1 is 1.71 bits per heavy atom. The quantitative estimate of drug-likeness (QED) is 0.602. The van der Waals surface area contributed by atoms with Crippen LogP contribution in [-0.4, -0.2) is 17.6 Å². The summed E-state index contributed by atoms with van der Waals surface area (Å²) < 4.78 is 4.80. The second-order valence-electron chi connectivity index (χ2n) is 2.72. The molecule has 0 atom stereocenters. The Labute approximate surface area is 87.0 Å². The van der Waals surface area contributed by atoms with Crippen molar-refractivity contribution in [2.45, 2.75) is 13.8 Å². The van der Waals surface area contributed by atoms with E-state index >= 15 is 0 Å². The number of carbonyl (C=O) groups excluding carboxylic acids is 1. The van der Waals surface area contributed by atoms with Crippen molar-refractivity contribution in [1.82, 2.24) is 4.98 Å². The van der Waals surface area contributed by atoms with E-state index in [4.69, 9.17) is 22.1 Å². The van der Waals surface area contributed by atoms with Crippen molar-refractivity contribution in [3.05, 3.63) is 22.5 Å². The lowest BCUT2D eigenvalue weighted by atomic mass is 10.1. The fraction of sp³-hybridized carbons (Fsp3) is 0.333. The van der Waals surface area contributed by atoms with Gasteiger partial charge in [-0.2, -0.15) is 0 Å². The van der Waals surface area contributed by atoms with E-state index in [-0.39, 0.29) is 5.56 Å². The maximum atomic E-state index is 11.3. The summed E-state index contributed by atoms with van der Waals surface area (Å²) in [4.78, 5) is 15.2. The topological polar surface area (TPSA) is 65.2 Å². The zero-order chi connectivity index (χ0) is 10.7. The maximum Gasteiger partial charge on any atom is 0.341 e. The molecule has 0 bridgehead atoms. The number of nitrogens with zero attached hydrogens (tertiary/aromatic N) is 1. The van der Waals surface area contributed by atoms with Crippen LogP contribution in [0.4, 0.5) is 5.69 Å². The Morgan fingerprint density at radius 3 is 2.93 bits per heavy atom. The molecule has 0 fully saturated rings. The largest absolute Gasteiger partial charge is 0.462 e. The zero-order valence-electron chi connectivity index (χ0n) is 8.00. The van der Waals surface area contributed by atoms with Gasteiger partial charge in [0.1, 0.15) is 10.7 Å². The van der Waals surface area contributed by atoms with E-state index in [0.717, 1.165) is 0 Å². The minimum Gasteiger partial charge on any atom is -0.462 e. The highest BCUT2D eigenvalue weighted by molar-refractivity contribution is 6.30. The number of hydrogen-bond donors (Lipinski definition) is 1. The first-order chi connectivity index (χ1) is 6.57. The van der Waals surface area contributed by atoms with E-state index in [2.05, 4.69) is 4.98 Å². The molecule has 0 saturated carbocycles. The number of aromatic nitrogens is 1. The van der Waals surface area contributed by atoms with Crippen molar-refractivity contribution >= 4 is 23.3 Å². The second kappa shape index (κ2) is 4.28. The molecule has 0 saturated heterocycles.